The van der Waals surface area contributed by atoms with E-state index in [1.165, 1.54) is 20.3 Å². The highest BCUT2D eigenvalue weighted by Crippen LogP contribution is 2.44. The average molecular weight is 452 g/mol. The summed E-state index contributed by atoms with van der Waals surface area (Å²) >= 11 is 0. The lowest BCUT2D eigenvalue weighted by Crippen LogP contribution is -2.09. The van der Waals surface area contributed by atoms with E-state index in [2.05, 4.69) is 16.0 Å². The van der Waals surface area contributed by atoms with Crippen LogP contribution in [0.3, 0.4) is 0 Å². The Morgan fingerprint density at radius 1 is 0.970 bits per heavy atom. The van der Waals surface area contributed by atoms with E-state index >= 15 is 0 Å². The Bertz CT molecular complexity index is 1270. The van der Waals surface area contributed by atoms with Crippen molar-refractivity contribution in [2.75, 3.05) is 14.2 Å². The first-order valence-electron chi connectivity index (χ1n) is 10.1. The van der Waals surface area contributed by atoms with E-state index in [1.807, 2.05) is 35.0 Å². The number of hydrogen-bond acceptors (Lipinski definition) is 4. The van der Waals surface area contributed by atoms with Crippen LogP contribution in [0.25, 0.3) is 22.5 Å². The standard InChI is InChI=1S/C25H21F3N3O2/c1-16-4-5-17(15-31-11-10-30-24(31)18-6-8-29-9-7-18)12-19(16)20-13-21(25(26,27)28)23(33-3)14-22(20)32-2/h5-14H,15H2,1-3H3. The van der Waals surface area contributed by atoms with Crippen LogP contribution in [0.15, 0.2) is 61.2 Å². The maximum atomic E-state index is 13.7. The Morgan fingerprint density at radius 2 is 1.70 bits per heavy atom. The predicted octanol–water partition coefficient (Wildman–Crippen LogP) is 5.81. The number of aryl methyl sites for hydroxylation is 1. The monoisotopic (exact) mass is 452 g/mol. The van der Waals surface area contributed by atoms with E-state index in [-0.39, 0.29) is 11.5 Å². The zero-order chi connectivity index (χ0) is 23.6. The summed E-state index contributed by atoms with van der Waals surface area (Å²) in [6, 6.07) is 12.9. The van der Waals surface area contributed by atoms with Crippen LogP contribution in [0.5, 0.6) is 11.5 Å². The quantitative estimate of drug-likeness (QED) is 0.371. The molecule has 0 N–H and O–H groups in total. The Labute approximate surface area is 189 Å². The molecule has 0 fully saturated rings. The van der Waals surface area contributed by atoms with Crippen LogP contribution in [0, 0.1) is 13.0 Å². The summed E-state index contributed by atoms with van der Waals surface area (Å²) in [4.78, 5) is 8.47. The average Bonchev–Trinajstić information content (AvgIpc) is 3.27. The molecular weight excluding hydrogens is 431 g/mol. The Hall–Kier alpha value is -3.81. The van der Waals surface area contributed by atoms with Crippen LogP contribution in [0.4, 0.5) is 13.2 Å². The second-order valence-electron chi connectivity index (χ2n) is 7.41. The van der Waals surface area contributed by atoms with Crippen LogP contribution in [0.1, 0.15) is 16.7 Å². The molecule has 0 aliphatic rings. The summed E-state index contributed by atoms with van der Waals surface area (Å²) in [5, 5.41) is 0. The van der Waals surface area contributed by atoms with Crippen molar-refractivity contribution in [3.63, 3.8) is 0 Å². The van der Waals surface area contributed by atoms with Crippen molar-refractivity contribution in [2.45, 2.75) is 19.6 Å². The number of pyridine rings is 1. The number of nitrogens with zero attached hydrogens (tertiary/aromatic N) is 3. The first-order valence-corrected chi connectivity index (χ1v) is 10.1. The molecule has 5 nitrogen and oxygen atoms in total. The molecule has 0 spiro atoms. The lowest BCUT2D eigenvalue weighted by Gasteiger charge is -2.18. The summed E-state index contributed by atoms with van der Waals surface area (Å²) in [7, 11) is 2.62. The normalized spacial score (nSPS) is 11.5. The van der Waals surface area contributed by atoms with Crippen molar-refractivity contribution in [3.05, 3.63) is 83.9 Å². The number of imidazole rings is 1. The highest BCUT2D eigenvalue weighted by molar-refractivity contribution is 5.76. The van der Waals surface area contributed by atoms with E-state index in [1.54, 1.807) is 25.5 Å². The molecule has 0 aliphatic heterocycles. The molecule has 2 aromatic carbocycles. The Kier molecular flexibility index (Phi) is 6.09. The number of rotatable bonds is 6. The molecule has 8 heteroatoms. The molecule has 0 unspecified atom stereocenters. The fraction of sp³-hybridized carbons (Fsp3) is 0.200. The molecule has 1 radical (unpaired) electrons. The summed E-state index contributed by atoms with van der Waals surface area (Å²) in [6.07, 6.45) is 2.38. The molecule has 4 aromatic rings. The molecule has 0 aliphatic carbocycles. The second-order valence-corrected chi connectivity index (χ2v) is 7.41. The van der Waals surface area contributed by atoms with Gasteiger partial charge in [0, 0.05) is 48.5 Å². The van der Waals surface area contributed by atoms with E-state index in [9.17, 15) is 13.2 Å². The van der Waals surface area contributed by atoms with Crippen molar-refractivity contribution in [1.29, 1.82) is 0 Å². The SMILES string of the molecule is COc1cc(OC)c(C(F)(F)F)cc1-c1cc(Cn2ccnc2-c2ccncc2)c[c]c1C. The minimum Gasteiger partial charge on any atom is -0.496 e. The summed E-state index contributed by atoms with van der Waals surface area (Å²) < 4.78 is 53.3. The largest absolute Gasteiger partial charge is 0.496 e. The van der Waals surface area contributed by atoms with Gasteiger partial charge in [-0.05, 0) is 60.0 Å². The second kappa shape index (κ2) is 8.97. The van der Waals surface area contributed by atoms with Gasteiger partial charge in [-0.1, -0.05) is 0 Å². The van der Waals surface area contributed by atoms with Crippen LogP contribution in [-0.4, -0.2) is 28.8 Å². The molecule has 0 saturated heterocycles. The lowest BCUT2D eigenvalue weighted by molar-refractivity contribution is -0.138. The summed E-state index contributed by atoms with van der Waals surface area (Å²) in [6.45, 7) is 2.27. The van der Waals surface area contributed by atoms with Gasteiger partial charge in [-0.15, -0.1) is 0 Å². The van der Waals surface area contributed by atoms with Gasteiger partial charge in [0.05, 0.1) is 19.8 Å². The maximum Gasteiger partial charge on any atom is 0.419 e. The van der Waals surface area contributed by atoms with Crippen molar-refractivity contribution in [3.8, 4) is 34.0 Å². The van der Waals surface area contributed by atoms with Crippen LogP contribution in [0.2, 0.25) is 0 Å². The van der Waals surface area contributed by atoms with Gasteiger partial charge in [-0.25, -0.2) is 4.98 Å². The number of methoxy groups -OCH3 is 2. The molecule has 2 heterocycles. The van der Waals surface area contributed by atoms with Gasteiger partial charge in [-0.3, -0.25) is 4.98 Å². The lowest BCUT2D eigenvalue weighted by atomic mass is 9.95. The number of benzene rings is 2. The highest BCUT2D eigenvalue weighted by Gasteiger charge is 2.35. The third kappa shape index (κ3) is 4.55. The minimum absolute atomic E-state index is 0.286. The van der Waals surface area contributed by atoms with Crippen molar-refractivity contribution in [1.82, 2.24) is 14.5 Å². The molecule has 0 amide bonds. The van der Waals surface area contributed by atoms with E-state index in [0.29, 0.717) is 23.2 Å². The summed E-state index contributed by atoms with van der Waals surface area (Å²) in [5.41, 5.74) is 2.54. The summed E-state index contributed by atoms with van der Waals surface area (Å²) in [5.74, 6) is 0.760. The number of halogens is 3. The van der Waals surface area contributed by atoms with Gasteiger partial charge in [-0.2, -0.15) is 13.2 Å². The van der Waals surface area contributed by atoms with Crippen molar-refractivity contribution in [2.24, 2.45) is 0 Å². The van der Waals surface area contributed by atoms with Gasteiger partial charge in [0.15, 0.2) is 0 Å². The third-order valence-corrected chi connectivity index (χ3v) is 5.33. The molecule has 0 atom stereocenters. The van der Waals surface area contributed by atoms with Crippen LogP contribution < -0.4 is 9.47 Å². The zero-order valence-electron chi connectivity index (χ0n) is 18.3. The Balaban J connectivity index is 1.78. The van der Waals surface area contributed by atoms with Crippen LogP contribution in [-0.2, 0) is 12.7 Å². The Morgan fingerprint density at radius 3 is 2.36 bits per heavy atom. The molecule has 0 saturated carbocycles. The van der Waals surface area contributed by atoms with E-state index in [0.717, 1.165) is 23.0 Å². The molecule has 0 bridgehead atoms. The van der Waals surface area contributed by atoms with Crippen molar-refractivity contribution < 1.29 is 22.6 Å². The van der Waals surface area contributed by atoms with Gasteiger partial charge in [0.25, 0.3) is 0 Å². The fourth-order valence-corrected chi connectivity index (χ4v) is 3.71. The third-order valence-electron chi connectivity index (χ3n) is 5.33. The van der Waals surface area contributed by atoms with Gasteiger partial charge in [0.1, 0.15) is 17.3 Å². The molecular formula is C25H21F3N3O2. The molecule has 169 valence electrons. The number of alkyl halides is 3. The number of aromatic nitrogens is 3. The maximum absolute atomic E-state index is 13.7. The smallest absolute Gasteiger partial charge is 0.419 e. The number of ether oxygens (including phenoxy) is 2. The molecule has 33 heavy (non-hydrogen) atoms. The van der Waals surface area contributed by atoms with Crippen molar-refractivity contribution >= 4 is 0 Å². The first-order chi connectivity index (χ1) is 15.8. The first kappa shape index (κ1) is 22.4. The fourth-order valence-electron chi connectivity index (χ4n) is 3.71. The van der Waals surface area contributed by atoms with Crippen LogP contribution >= 0.6 is 0 Å². The van der Waals surface area contributed by atoms with Gasteiger partial charge in [0.2, 0.25) is 0 Å². The topological polar surface area (TPSA) is 49.2 Å². The zero-order valence-corrected chi connectivity index (χ0v) is 18.3. The van der Waals surface area contributed by atoms with Gasteiger partial charge < -0.3 is 14.0 Å². The molecule has 4 rings (SSSR count). The van der Waals surface area contributed by atoms with E-state index in [4.69, 9.17) is 9.47 Å². The number of hydrogen-bond donors (Lipinski definition) is 0. The predicted molar refractivity (Wildman–Crippen MR) is 118 cm³/mol. The molecule has 2 aromatic heterocycles. The van der Waals surface area contributed by atoms with E-state index < -0.39 is 11.7 Å². The highest BCUT2D eigenvalue weighted by atomic mass is 19.4. The van der Waals surface area contributed by atoms with Gasteiger partial charge >= 0.3 is 6.18 Å². The minimum atomic E-state index is -4.57.